The molecule has 0 aliphatic heterocycles. The average molecular weight is 285 g/mol. The van der Waals surface area contributed by atoms with Crippen LogP contribution in [-0.2, 0) is 10.1 Å². The van der Waals surface area contributed by atoms with Crippen molar-refractivity contribution in [3.05, 3.63) is 29.3 Å². The largest absolute Gasteiger partial charge is 1.00 e. The standard InChI is InChI=1S/C8H6O7S.K/c9-7(10)4-2-1-3-5(16(13,14)15)6(4)8(11)12;/h1-3H,(H,9,10)(H,11,12)(H,13,14,15);/q;+1. The molecule has 1 aromatic rings. The first-order valence-corrected chi connectivity index (χ1v) is 5.26. The summed E-state index contributed by atoms with van der Waals surface area (Å²) >= 11 is 0. The SMILES string of the molecule is O=C(O)c1cccc(S(=O)(=O)O)c1C(=O)O.[K+]. The summed E-state index contributed by atoms with van der Waals surface area (Å²) in [5.41, 5.74) is -1.67. The van der Waals surface area contributed by atoms with Gasteiger partial charge in [-0.2, -0.15) is 8.42 Å². The van der Waals surface area contributed by atoms with Crippen molar-refractivity contribution in [2.45, 2.75) is 4.90 Å². The molecule has 0 unspecified atom stereocenters. The van der Waals surface area contributed by atoms with Crippen LogP contribution in [0.4, 0.5) is 0 Å². The summed E-state index contributed by atoms with van der Waals surface area (Å²) in [6.45, 7) is 0. The van der Waals surface area contributed by atoms with Gasteiger partial charge in [-0.1, -0.05) is 6.07 Å². The van der Waals surface area contributed by atoms with Crippen molar-refractivity contribution in [3.8, 4) is 0 Å². The zero-order valence-corrected chi connectivity index (χ0v) is 12.6. The first kappa shape index (κ1) is 16.7. The molecule has 0 aliphatic rings. The topological polar surface area (TPSA) is 129 Å². The van der Waals surface area contributed by atoms with Gasteiger partial charge in [0, 0.05) is 0 Å². The van der Waals surface area contributed by atoms with E-state index < -0.39 is 38.1 Å². The molecular formula is C8H6KO7S+. The van der Waals surface area contributed by atoms with Gasteiger partial charge >= 0.3 is 63.3 Å². The third kappa shape index (κ3) is 3.84. The van der Waals surface area contributed by atoms with Crippen LogP contribution in [0.1, 0.15) is 20.7 Å². The zero-order valence-electron chi connectivity index (χ0n) is 8.61. The summed E-state index contributed by atoms with van der Waals surface area (Å²) < 4.78 is 30.4. The van der Waals surface area contributed by atoms with Crippen molar-refractivity contribution in [1.29, 1.82) is 0 Å². The second kappa shape index (κ2) is 6.04. The summed E-state index contributed by atoms with van der Waals surface area (Å²) in [6.07, 6.45) is 0. The van der Waals surface area contributed by atoms with Crippen molar-refractivity contribution in [2.75, 3.05) is 0 Å². The van der Waals surface area contributed by atoms with E-state index in [4.69, 9.17) is 14.8 Å². The first-order valence-electron chi connectivity index (χ1n) is 3.82. The predicted octanol–water partition coefficient (Wildman–Crippen LogP) is -2.67. The van der Waals surface area contributed by atoms with Crippen molar-refractivity contribution in [1.82, 2.24) is 0 Å². The predicted molar refractivity (Wildman–Crippen MR) is 50.2 cm³/mol. The second-order valence-electron chi connectivity index (χ2n) is 2.76. The fourth-order valence-corrected chi connectivity index (χ4v) is 1.85. The normalized spacial score (nSPS) is 10.4. The van der Waals surface area contributed by atoms with E-state index in [0.717, 1.165) is 18.2 Å². The van der Waals surface area contributed by atoms with Gasteiger partial charge in [0.1, 0.15) is 4.90 Å². The number of hydrogen-bond donors (Lipinski definition) is 3. The summed E-state index contributed by atoms with van der Waals surface area (Å²) in [5, 5.41) is 17.4. The maximum atomic E-state index is 10.8. The van der Waals surface area contributed by atoms with Crippen LogP contribution < -0.4 is 51.4 Å². The van der Waals surface area contributed by atoms with E-state index in [0.29, 0.717) is 0 Å². The summed E-state index contributed by atoms with van der Waals surface area (Å²) in [7, 11) is -4.78. The number of hydrogen-bond acceptors (Lipinski definition) is 4. The van der Waals surface area contributed by atoms with E-state index in [9.17, 15) is 18.0 Å². The maximum absolute atomic E-state index is 10.8. The van der Waals surface area contributed by atoms with Crippen molar-refractivity contribution >= 4 is 22.1 Å². The Bertz CT molecular complexity index is 563. The molecule has 0 amide bonds. The Morgan fingerprint density at radius 1 is 1.06 bits per heavy atom. The van der Waals surface area contributed by atoms with Crippen molar-refractivity contribution in [3.63, 3.8) is 0 Å². The monoisotopic (exact) mass is 285 g/mol. The van der Waals surface area contributed by atoms with Gasteiger partial charge in [0.2, 0.25) is 0 Å². The van der Waals surface area contributed by atoms with Crippen molar-refractivity contribution in [2.24, 2.45) is 0 Å². The van der Waals surface area contributed by atoms with Crippen LogP contribution >= 0.6 is 0 Å². The fourth-order valence-electron chi connectivity index (χ4n) is 1.14. The molecule has 0 saturated carbocycles. The van der Waals surface area contributed by atoms with Gasteiger partial charge in [-0.05, 0) is 12.1 Å². The summed E-state index contributed by atoms with van der Waals surface area (Å²) in [5.74, 6) is -3.34. The van der Waals surface area contributed by atoms with Crippen LogP contribution in [0.15, 0.2) is 23.1 Å². The van der Waals surface area contributed by atoms with Gasteiger partial charge in [0.15, 0.2) is 0 Å². The van der Waals surface area contributed by atoms with Gasteiger partial charge in [-0.15, -0.1) is 0 Å². The van der Waals surface area contributed by atoms with E-state index in [-0.39, 0.29) is 51.4 Å². The molecule has 0 heterocycles. The van der Waals surface area contributed by atoms with Crippen molar-refractivity contribution < 1.29 is 84.2 Å². The fraction of sp³-hybridized carbons (Fsp3) is 0. The van der Waals surface area contributed by atoms with Crippen LogP contribution in [-0.4, -0.2) is 35.1 Å². The van der Waals surface area contributed by atoms with Gasteiger partial charge in [0.25, 0.3) is 10.1 Å². The molecule has 0 aliphatic carbocycles. The van der Waals surface area contributed by atoms with Crippen LogP contribution in [0.25, 0.3) is 0 Å². The summed E-state index contributed by atoms with van der Waals surface area (Å²) in [4.78, 5) is 20.5. The molecule has 0 spiro atoms. The van der Waals surface area contributed by atoms with Crippen LogP contribution in [0.2, 0.25) is 0 Å². The number of carbonyl (C=O) groups is 2. The Hall–Kier alpha value is -0.294. The molecule has 0 bridgehead atoms. The minimum absolute atomic E-state index is 0. The molecule has 7 nitrogen and oxygen atoms in total. The Kier molecular flexibility index (Phi) is 5.94. The third-order valence-electron chi connectivity index (χ3n) is 1.75. The Morgan fingerprint density at radius 3 is 1.94 bits per heavy atom. The van der Waals surface area contributed by atoms with Gasteiger partial charge in [-0.3, -0.25) is 4.55 Å². The Balaban J connectivity index is 0.00000256. The molecule has 0 radical (unpaired) electrons. The van der Waals surface area contributed by atoms with Gasteiger partial charge in [0.05, 0.1) is 11.1 Å². The second-order valence-corrected chi connectivity index (χ2v) is 4.15. The molecular weight excluding hydrogens is 279 g/mol. The molecule has 3 N–H and O–H groups in total. The van der Waals surface area contributed by atoms with E-state index in [1.807, 2.05) is 0 Å². The maximum Gasteiger partial charge on any atom is 1.00 e. The van der Waals surface area contributed by atoms with E-state index in [2.05, 4.69) is 0 Å². The average Bonchev–Trinajstić information content (AvgIpc) is 2.14. The van der Waals surface area contributed by atoms with Gasteiger partial charge in [-0.25, -0.2) is 9.59 Å². The van der Waals surface area contributed by atoms with Crippen LogP contribution in [0.5, 0.6) is 0 Å². The Labute approximate surface area is 139 Å². The van der Waals surface area contributed by atoms with Crippen LogP contribution in [0, 0.1) is 0 Å². The Morgan fingerprint density at radius 2 is 1.59 bits per heavy atom. The molecule has 0 fully saturated rings. The molecule has 86 valence electrons. The number of benzene rings is 1. The van der Waals surface area contributed by atoms with E-state index >= 15 is 0 Å². The minimum Gasteiger partial charge on any atom is -0.478 e. The molecule has 0 atom stereocenters. The molecule has 1 rings (SSSR count). The first-order chi connectivity index (χ1) is 7.25. The van der Waals surface area contributed by atoms with E-state index in [1.165, 1.54) is 0 Å². The quantitative estimate of drug-likeness (QED) is 0.408. The molecule has 0 aromatic heterocycles. The van der Waals surface area contributed by atoms with Crippen LogP contribution in [0.3, 0.4) is 0 Å². The molecule has 17 heavy (non-hydrogen) atoms. The number of rotatable bonds is 3. The zero-order chi connectivity index (χ0) is 12.5. The smallest absolute Gasteiger partial charge is 0.478 e. The number of aromatic carboxylic acids is 2. The summed E-state index contributed by atoms with van der Waals surface area (Å²) in [6, 6.07) is 2.77. The van der Waals surface area contributed by atoms with E-state index in [1.54, 1.807) is 0 Å². The van der Waals surface area contributed by atoms with Gasteiger partial charge < -0.3 is 10.2 Å². The molecule has 0 saturated heterocycles. The number of carboxylic acid groups (broad SMARTS) is 2. The molecule has 9 heteroatoms. The minimum atomic E-state index is -4.78. The molecule has 1 aromatic carbocycles. The third-order valence-corrected chi connectivity index (χ3v) is 2.64. The number of carboxylic acids is 2.